The van der Waals surface area contributed by atoms with Gasteiger partial charge in [-0.15, -0.1) is 24.1 Å². The fourth-order valence-corrected chi connectivity index (χ4v) is 2.34. The highest BCUT2D eigenvalue weighted by Gasteiger charge is 2.03. The van der Waals surface area contributed by atoms with Crippen molar-refractivity contribution in [2.45, 2.75) is 37.6 Å². The first-order valence-corrected chi connectivity index (χ1v) is 7.16. The maximum Gasteiger partial charge on any atom is 0.0291 e. The zero-order valence-electron chi connectivity index (χ0n) is 10.7. The molecule has 0 aliphatic rings. The monoisotopic (exact) mass is 247 g/mol. The van der Waals surface area contributed by atoms with Gasteiger partial charge in [-0.05, 0) is 37.6 Å². The van der Waals surface area contributed by atoms with Gasteiger partial charge in [0.2, 0.25) is 0 Å². The van der Waals surface area contributed by atoms with Crippen molar-refractivity contribution in [3.8, 4) is 12.3 Å². The smallest absolute Gasteiger partial charge is 0.0291 e. The first-order chi connectivity index (χ1) is 8.27. The van der Waals surface area contributed by atoms with Crippen LogP contribution >= 0.6 is 11.8 Å². The van der Waals surface area contributed by atoms with E-state index in [-0.39, 0.29) is 0 Å². The number of nitrogens with one attached hydrogen (secondary N) is 1. The van der Waals surface area contributed by atoms with Crippen molar-refractivity contribution in [2.75, 3.05) is 12.3 Å². The van der Waals surface area contributed by atoms with Gasteiger partial charge in [0.05, 0.1) is 0 Å². The second kappa shape index (κ2) is 8.22. The van der Waals surface area contributed by atoms with E-state index in [1.807, 2.05) is 11.8 Å². The number of hydrogen-bond donors (Lipinski definition) is 1. The number of hydrogen-bond acceptors (Lipinski definition) is 2. The molecule has 0 bridgehead atoms. The molecule has 92 valence electrons. The van der Waals surface area contributed by atoms with Gasteiger partial charge >= 0.3 is 0 Å². The molecule has 0 aromatic heterocycles. The van der Waals surface area contributed by atoms with Crippen LogP contribution in [0.3, 0.4) is 0 Å². The Labute approximate surface area is 109 Å². The third-order valence-corrected chi connectivity index (χ3v) is 3.61. The van der Waals surface area contributed by atoms with Crippen LogP contribution in [0.25, 0.3) is 0 Å². The molecule has 1 rings (SSSR count). The number of benzene rings is 1. The number of terminal acetylenes is 1. The normalized spacial score (nSPS) is 12.1. The molecule has 0 heterocycles. The molecule has 0 aliphatic heterocycles. The molecule has 0 amide bonds. The SMILES string of the molecule is C#CCCSc1ccc(C(C)NCCC)cc1. The summed E-state index contributed by atoms with van der Waals surface area (Å²) in [5, 5.41) is 3.49. The lowest BCUT2D eigenvalue weighted by Gasteiger charge is -2.13. The summed E-state index contributed by atoms with van der Waals surface area (Å²) in [6.45, 7) is 5.46. The van der Waals surface area contributed by atoms with Gasteiger partial charge in [-0.2, -0.15) is 0 Å². The molecule has 17 heavy (non-hydrogen) atoms. The van der Waals surface area contributed by atoms with Crippen molar-refractivity contribution in [1.82, 2.24) is 5.32 Å². The highest BCUT2D eigenvalue weighted by molar-refractivity contribution is 7.99. The van der Waals surface area contributed by atoms with Gasteiger partial charge in [0.25, 0.3) is 0 Å². The van der Waals surface area contributed by atoms with Crippen LogP contribution in [0.2, 0.25) is 0 Å². The van der Waals surface area contributed by atoms with E-state index in [1.165, 1.54) is 16.9 Å². The van der Waals surface area contributed by atoms with Gasteiger partial charge in [-0.25, -0.2) is 0 Å². The lowest BCUT2D eigenvalue weighted by Crippen LogP contribution is -2.19. The Kier molecular flexibility index (Phi) is 6.84. The Hall–Kier alpha value is -0.910. The van der Waals surface area contributed by atoms with Crippen LogP contribution in [-0.2, 0) is 0 Å². The van der Waals surface area contributed by atoms with E-state index in [0.717, 1.165) is 18.7 Å². The lowest BCUT2D eigenvalue weighted by atomic mass is 10.1. The topological polar surface area (TPSA) is 12.0 Å². The third-order valence-electron chi connectivity index (χ3n) is 2.60. The molecule has 1 unspecified atom stereocenters. The molecule has 2 heteroatoms. The minimum atomic E-state index is 0.430. The van der Waals surface area contributed by atoms with Gasteiger partial charge in [-0.1, -0.05) is 19.1 Å². The van der Waals surface area contributed by atoms with Crippen LogP contribution in [0, 0.1) is 12.3 Å². The van der Waals surface area contributed by atoms with Crippen molar-refractivity contribution >= 4 is 11.8 Å². The summed E-state index contributed by atoms with van der Waals surface area (Å²) in [5.41, 5.74) is 1.35. The second-order valence-electron chi connectivity index (χ2n) is 4.05. The van der Waals surface area contributed by atoms with E-state index in [4.69, 9.17) is 6.42 Å². The summed E-state index contributed by atoms with van der Waals surface area (Å²) >= 11 is 1.82. The predicted molar refractivity (Wildman–Crippen MR) is 77.3 cm³/mol. The van der Waals surface area contributed by atoms with Crippen LogP contribution in [0.15, 0.2) is 29.2 Å². The minimum absolute atomic E-state index is 0.430. The van der Waals surface area contributed by atoms with Crippen LogP contribution in [0.1, 0.15) is 38.3 Å². The van der Waals surface area contributed by atoms with Crippen molar-refractivity contribution < 1.29 is 0 Å². The van der Waals surface area contributed by atoms with Crippen LogP contribution in [0.5, 0.6) is 0 Å². The zero-order chi connectivity index (χ0) is 12.5. The molecule has 0 saturated carbocycles. The summed E-state index contributed by atoms with van der Waals surface area (Å²) in [5.74, 6) is 3.66. The zero-order valence-corrected chi connectivity index (χ0v) is 11.5. The van der Waals surface area contributed by atoms with Crippen molar-refractivity contribution in [3.63, 3.8) is 0 Å². The molecule has 1 aromatic rings. The van der Waals surface area contributed by atoms with E-state index in [2.05, 4.69) is 49.4 Å². The standard InChI is InChI=1S/C15H21NS/c1-4-6-12-17-15-9-7-14(8-10-15)13(3)16-11-5-2/h1,7-10,13,16H,5-6,11-12H2,2-3H3. The highest BCUT2D eigenvalue weighted by Crippen LogP contribution is 2.21. The van der Waals surface area contributed by atoms with Gasteiger partial charge in [0.1, 0.15) is 0 Å². The molecule has 0 radical (unpaired) electrons. The largest absolute Gasteiger partial charge is 0.310 e. The van der Waals surface area contributed by atoms with Gasteiger partial charge in [0, 0.05) is 23.1 Å². The fourth-order valence-electron chi connectivity index (χ4n) is 1.56. The van der Waals surface area contributed by atoms with E-state index in [1.54, 1.807) is 0 Å². The summed E-state index contributed by atoms with van der Waals surface area (Å²) in [7, 11) is 0. The average Bonchev–Trinajstić information content (AvgIpc) is 2.37. The van der Waals surface area contributed by atoms with Gasteiger partial charge in [0.15, 0.2) is 0 Å². The summed E-state index contributed by atoms with van der Waals surface area (Å²) < 4.78 is 0. The highest BCUT2D eigenvalue weighted by atomic mass is 32.2. The quantitative estimate of drug-likeness (QED) is 0.446. The fraction of sp³-hybridized carbons (Fsp3) is 0.467. The summed E-state index contributed by atoms with van der Waals surface area (Å²) in [6.07, 6.45) is 7.24. The van der Waals surface area contributed by atoms with E-state index < -0.39 is 0 Å². The van der Waals surface area contributed by atoms with E-state index in [9.17, 15) is 0 Å². The molecule has 1 nitrogen and oxygen atoms in total. The first-order valence-electron chi connectivity index (χ1n) is 6.17. The molecule has 1 atom stereocenters. The molecule has 0 spiro atoms. The average molecular weight is 247 g/mol. The minimum Gasteiger partial charge on any atom is -0.310 e. The molecule has 0 aliphatic carbocycles. The van der Waals surface area contributed by atoms with Crippen LogP contribution in [-0.4, -0.2) is 12.3 Å². The van der Waals surface area contributed by atoms with E-state index >= 15 is 0 Å². The van der Waals surface area contributed by atoms with Crippen molar-refractivity contribution in [3.05, 3.63) is 29.8 Å². The molecular weight excluding hydrogens is 226 g/mol. The van der Waals surface area contributed by atoms with Gasteiger partial charge in [-0.3, -0.25) is 0 Å². The van der Waals surface area contributed by atoms with Crippen LogP contribution in [0.4, 0.5) is 0 Å². The molecule has 1 aromatic carbocycles. The van der Waals surface area contributed by atoms with Crippen molar-refractivity contribution in [1.29, 1.82) is 0 Å². The molecule has 0 saturated heterocycles. The van der Waals surface area contributed by atoms with Crippen molar-refractivity contribution in [2.24, 2.45) is 0 Å². The Bertz CT molecular complexity index is 350. The van der Waals surface area contributed by atoms with E-state index in [0.29, 0.717) is 6.04 Å². The number of thioether (sulfide) groups is 1. The molecule has 0 fully saturated rings. The lowest BCUT2D eigenvalue weighted by molar-refractivity contribution is 0.570. The molecular formula is C15H21NS. The third kappa shape index (κ3) is 5.30. The Morgan fingerprint density at radius 3 is 2.65 bits per heavy atom. The predicted octanol–water partition coefficient (Wildman–Crippen LogP) is 3.86. The second-order valence-corrected chi connectivity index (χ2v) is 5.22. The molecule has 1 N–H and O–H groups in total. The van der Waals surface area contributed by atoms with Crippen LogP contribution < -0.4 is 5.32 Å². The Morgan fingerprint density at radius 2 is 2.06 bits per heavy atom. The summed E-state index contributed by atoms with van der Waals surface area (Å²) in [6, 6.07) is 9.19. The maximum atomic E-state index is 5.23. The Balaban J connectivity index is 2.46. The summed E-state index contributed by atoms with van der Waals surface area (Å²) in [4.78, 5) is 1.30. The first kappa shape index (κ1) is 14.2. The van der Waals surface area contributed by atoms with Gasteiger partial charge < -0.3 is 5.32 Å². The Morgan fingerprint density at radius 1 is 1.35 bits per heavy atom. The maximum absolute atomic E-state index is 5.23. The number of rotatable bonds is 7.